The fraction of sp³-hybridized carbons (Fsp3) is 0.357. The van der Waals surface area contributed by atoms with Gasteiger partial charge in [0.25, 0.3) is 0 Å². The van der Waals surface area contributed by atoms with E-state index in [-0.39, 0.29) is 0 Å². The number of benzene rings is 1. The van der Waals surface area contributed by atoms with Gasteiger partial charge < -0.3 is 5.32 Å². The third kappa shape index (κ3) is 3.18. The number of hydrogen-bond acceptors (Lipinski definition) is 3. The van der Waals surface area contributed by atoms with Crippen LogP contribution in [0.15, 0.2) is 34.9 Å². The van der Waals surface area contributed by atoms with E-state index in [9.17, 15) is 0 Å². The van der Waals surface area contributed by atoms with Crippen LogP contribution in [0.5, 0.6) is 0 Å². The molecule has 1 N–H and O–H groups in total. The number of thioether (sulfide) groups is 1. The number of nitrogens with zero attached hydrogens (tertiary/aromatic N) is 1. The molecule has 0 aliphatic heterocycles. The van der Waals surface area contributed by atoms with Crippen molar-refractivity contribution in [1.29, 1.82) is 0 Å². The summed E-state index contributed by atoms with van der Waals surface area (Å²) in [5.74, 6) is 2.78. The molecule has 0 spiro atoms. The normalized spacial score (nSPS) is 12.6. The first-order chi connectivity index (χ1) is 8.72. The van der Waals surface area contributed by atoms with Gasteiger partial charge in [-0.2, -0.15) is 11.8 Å². The van der Waals surface area contributed by atoms with Gasteiger partial charge in [-0.15, -0.1) is 0 Å². The summed E-state index contributed by atoms with van der Waals surface area (Å²) in [6.07, 6.45) is 4.00. The number of hydrogen-bond donors (Lipinski definition) is 1. The monoisotopic (exact) mass is 324 g/mol. The van der Waals surface area contributed by atoms with Crippen LogP contribution in [0.2, 0.25) is 0 Å². The zero-order valence-corrected chi connectivity index (χ0v) is 13.0. The summed E-state index contributed by atoms with van der Waals surface area (Å²) in [5.41, 5.74) is 0. The molecule has 0 saturated carbocycles. The minimum absolute atomic E-state index is 0.643. The second kappa shape index (κ2) is 6.43. The summed E-state index contributed by atoms with van der Waals surface area (Å²) in [4.78, 5) is 4.44. The van der Waals surface area contributed by atoms with E-state index in [1.54, 1.807) is 0 Å². The van der Waals surface area contributed by atoms with Gasteiger partial charge in [0, 0.05) is 28.0 Å². The maximum Gasteiger partial charge on any atom is 0.133 e. The second-order valence-corrected chi connectivity index (χ2v) is 6.20. The minimum atomic E-state index is 0.643. The predicted octanol–water partition coefficient (Wildman–Crippen LogP) is 4.41. The molecule has 4 heteroatoms. The number of rotatable bonds is 5. The molecule has 0 amide bonds. The van der Waals surface area contributed by atoms with Crippen molar-refractivity contribution in [2.24, 2.45) is 5.92 Å². The summed E-state index contributed by atoms with van der Waals surface area (Å²) in [7, 11) is 0. The quantitative estimate of drug-likeness (QED) is 0.881. The second-order valence-electron chi connectivity index (χ2n) is 4.44. The number of halogens is 1. The summed E-state index contributed by atoms with van der Waals surface area (Å²) < 4.78 is 1.11. The molecule has 18 heavy (non-hydrogen) atoms. The molecule has 1 aromatic carbocycles. The first kappa shape index (κ1) is 13.7. The number of nitrogens with one attached hydrogen (secondary N) is 1. The van der Waals surface area contributed by atoms with Gasteiger partial charge in [-0.1, -0.05) is 35.0 Å². The molecule has 96 valence electrons. The lowest BCUT2D eigenvalue weighted by Gasteiger charge is -2.13. The number of pyridine rings is 1. The molecule has 1 aromatic heterocycles. The molecule has 2 aromatic rings. The van der Waals surface area contributed by atoms with E-state index in [0.29, 0.717) is 5.92 Å². The number of aromatic nitrogens is 1. The molecule has 0 bridgehead atoms. The van der Waals surface area contributed by atoms with E-state index in [2.05, 4.69) is 51.5 Å². The number of anilines is 1. The molecular formula is C14H17BrN2S. The fourth-order valence-corrected chi connectivity index (χ4v) is 3.11. The summed E-state index contributed by atoms with van der Waals surface area (Å²) >= 11 is 5.46. The Labute approximate surface area is 121 Å². The van der Waals surface area contributed by atoms with Gasteiger partial charge in [0.1, 0.15) is 5.82 Å². The average molecular weight is 325 g/mol. The van der Waals surface area contributed by atoms with Crippen molar-refractivity contribution < 1.29 is 0 Å². The highest BCUT2D eigenvalue weighted by Crippen LogP contribution is 2.27. The molecule has 0 fully saturated rings. The Morgan fingerprint density at radius 2 is 2.17 bits per heavy atom. The summed E-state index contributed by atoms with van der Waals surface area (Å²) in [5, 5.41) is 5.83. The van der Waals surface area contributed by atoms with Gasteiger partial charge in [0.05, 0.1) is 0 Å². The van der Waals surface area contributed by atoms with Crippen LogP contribution in [0, 0.1) is 5.92 Å². The zero-order chi connectivity index (χ0) is 13.0. The lowest BCUT2D eigenvalue weighted by atomic mass is 10.1. The smallest absolute Gasteiger partial charge is 0.133 e. The summed E-state index contributed by atoms with van der Waals surface area (Å²) in [6.45, 7) is 3.21. The van der Waals surface area contributed by atoms with Crippen LogP contribution < -0.4 is 5.32 Å². The maximum atomic E-state index is 4.44. The van der Waals surface area contributed by atoms with Crippen LogP contribution in [0.3, 0.4) is 0 Å². The molecule has 0 aliphatic rings. The predicted molar refractivity (Wildman–Crippen MR) is 85.5 cm³/mol. The van der Waals surface area contributed by atoms with Crippen LogP contribution in [0.4, 0.5) is 5.82 Å². The summed E-state index contributed by atoms with van der Waals surface area (Å²) in [6, 6.07) is 8.25. The first-order valence-electron chi connectivity index (χ1n) is 5.98. The topological polar surface area (TPSA) is 24.9 Å². The van der Waals surface area contributed by atoms with Crippen LogP contribution in [-0.2, 0) is 0 Å². The standard InChI is InChI=1S/C14H17BrN2S/c1-10(9-18-2)8-17-14-12-4-3-5-13(15)11(12)6-7-16-14/h3-7,10H,8-9H2,1-2H3,(H,16,17). The average Bonchev–Trinajstić information content (AvgIpc) is 2.37. The van der Waals surface area contributed by atoms with Crippen molar-refractivity contribution in [3.05, 3.63) is 34.9 Å². The van der Waals surface area contributed by atoms with Crippen LogP contribution in [0.1, 0.15) is 6.92 Å². The van der Waals surface area contributed by atoms with Crippen LogP contribution in [0.25, 0.3) is 10.8 Å². The third-order valence-electron chi connectivity index (χ3n) is 2.82. The molecule has 1 heterocycles. The van der Waals surface area contributed by atoms with Gasteiger partial charge in [-0.3, -0.25) is 0 Å². The molecule has 2 rings (SSSR count). The SMILES string of the molecule is CSCC(C)CNc1nccc2c(Br)cccc12. The fourth-order valence-electron chi connectivity index (χ4n) is 1.92. The highest BCUT2D eigenvalue weighted by atomic mass is 79.9. The lowest BCUT2D eigenvalue weighted by Crippen LogP contribution is -2.14. The van der Waals surface area contributed by atoms with E-state index in [1.165, 1.54) is 16.5 Å². The Kier molecular flexibility index (Phi) is 4.89. The van der Waals surface area contributed by atoms with Crippen LogP contribution >= 0.6 is 27.7 Å². The minimum Gasteiger partial charge on any atom is -0.369 e. The van der Waals surface area contributed by atoms with E-state index in [4.69, 9.17) is 0 Å². The third-order valence-corrected chi connectivity index (χ3v) is 4.42. The maximum absolute atomic E-state index is 4.44. The Morgan fingerprint density at radius 1 is 1.33 bits per heavy atom. The Bertz CT molecular complexity index is 530. The molecule has 1 unspecified atom stereocenters. The Hall–Kier alpha value is -0.740. The van der Waals surface area contributed by atoms with Gasteiger partial charge in [-0.25, -0.2) is 4.98 Å². The van der Waals surface area contributed by atoms with Crippen LogP contribution in [-0.4, -0.2) is 23.5 Å². The van der Waals surface area contributed by atoms with Gasteiger partial charge >= 0.3 is 0 Å². The zero-order valence-electron chi connectivity index (χ0n) is 10.6. The highest BCUT2D eigenvalue weighted by Gasteiger charge is 2.06. The largest absolute Gasteiger partial charge is 0.369 e. The van der Waals surface area contributed by atoms with Gasteiger partial charge in [0.2, 0.25) is 0 Å². The molecule has 0 aliphatic carbocycles. The highest BCUT2D eigenvalue weighted by molar-refractivity contribution is 9.10. The van der Waals surface area contributed by atoms with Crippen molar-refractivity contribution in [2.45, 2.75) is 6.92 Å². The van der Waals surface area contributed by atoms with Crippen molar-refractivity contribution in [3.63, 3.8) is 0 Å². The van der Waals surface area contributed by atoms with E-state index in [0.717, 1.165) is 16.8 Å². The number of fused-ring (bicyclic) bond motifs is 1. The van der Waals surface area contributed by atoms with Crippen molar-refractivity contribution in [3.8, 4) is 0 Å². The van der Waals surface area contributed by atoms with Crippen molar-refractivity contribution >= 4 is 44.3 Å². The lowest BCUT2D eigenvalue weighted by molar-refractivity contribution is 0.700. The Balaban J connectivity index is 2.21. The molecule has 0 saturated heterocycles. The van der Waals surface area contributed by atoms with Gasteiger partial charge in [0.15, 0.2) is 0 Å². The molecule has 0 radical (unpaired) electrons. The van der Waals surface area contributed by atoms with Crippen molar-refractivity contribution in [1.82, 2.24) is 4.98 Å². The molecule has 1 atom stereocenters. The molecule has 2 nitrogen and oxygen atoms in total. The molecular weight excluding hydrogens is 308 g/mol. The van der Waals surface area contributed by atoms with E-state index in [1.807, 2.05) is 30.1 Å². The van der Waals surface area contributed by atoms with Crippen molar-refractivity contribution in [2.75, 3.05) is 23.9 Å². The van der Waals surface area contributed by atoms with Gasteiger partial charge in [-0.05, 0) is 30.1 Å². The Morgan fingerprint density at radius 3 is 2.94 bits per heavy atom. The van der Waals surface area contributed by atoms with E-state index < -0.39 is 0 Å². The first-order valence-corrected chi connectivity index (χ1v) is 8.17. The van der Waals surface area contributed by atoms with E-state index >= 15 is 0 Å².